The summed E-state index contributed by atoms with van der Waals surface area (Å²) in [7, 11) is 1.51. The SMILES string of the molecule is C=CCOc1c(Br)cc(C=C2SC(=S)N(CC(=O)O)C2=O)cc1OC. The number of carboxylic acid groups (broad SMARTS) is 1. The number of methoxy groups -OCH3 is 1. The number of aliphatic carboxylic acids is 1. The Morgan fingerprint density at radius 1 is 1.52 bits per heavy atom. The van der Waals surface area contributed by atoms with E-state index in [2.05, 4.69) is 22.5 Å². The summed E-state index contributed by atoms with van der Waals surface area (Å²) < 4.78 is 11.8. The Labute approximate surface area is 162 Å². The molecule has 0 aromatic heterocycles. The molecular weight excluding hydrogens is 430 g/mol. The van der Waals surface area contributed by atoms with Crippen LogP contribution in [0.3, 0.4) is 0 Å². The highest BCUT2D eigenvalue weighted by Gasteiger charge is 2.33. The Balaban J connectivity index is 2.33. The van der Waals surface area contributed by atoms with Crippen LogP contribution in [0.25, 0.3) is 6.08 Å². The third-order valence-corrected chi connectivity index (χ3v) is 5.03. The Hall–Kier alpha value is -1.84. The lowest BCUT2D eigenvalue weighted by molar-refractivity contribution is -0.140. The highest BCUT2D eigenvalue weighted by Crippen LogP contribution is 2.39. The van der Waals surface area contributed by atoms with Crippen molar-refractivity contribution in [2.45, 2.75) is 0 Å². The van der Waals surface area contributed by atoms with Gasteiger partial charge in [-0.05, 0) is 39.7 Å². The van der Waals surface area contributed by atoms with Gasteiger partial charge in [-0.2, -0.15) is 0 Å². The van der Waals surface area contributed by atoms with Gasteiger partial charge in [0.25, 0.3) is 5.91 Å². The van der Waals surface area contributed by atoms with Crippen LogP contribution in [0.5, 0.6) is 11.5 Å². The van der Waals surface area contributed by atoms with Crippen LogP contribution in [-0.2, 0) is 9.59 Å². The van der Waals surface area contributed by atoms with Crippen LogP contribution < -0.4 is 9.47 Å². The molecule has 132 valence electrons. The van der Waals surface area contributed by atoms with Crippen molar-refractivity contribution in [3.05, 3.63) is 39.7 Å². The van der Waals surface area contributed by atoms with Gasteiger partial charge in [-0.1, -0.05) is 36.6 Å². The zero-order valence-electron chi connectivity index (χ0n) is 13.2. The van der Waals surface area contributed by atoms with Gasteiger partial charge in [0.05, 0.1) is 16.5 Å². The van der Waals surface area contributed by atoms with Crippen molar-refractivity contribution < 1.29 is 24.2 Å². The fourth-order valence-corrected chi connectivity index (χ4v) is 3.86. The third kappa shape index (κ3) is 4.62. The van der Waals surface area contributed by atoms with E-state index in [0.29, 0.717) is 33.0 Å². The number of thioether (sulfide) groups is 1. The van der Waals surface area contributed by atoms with Gasteiger partial charge in [0.2, 0.25) is 0 Å². The average Bonchev–Trinajstić information content (AvgIpc) is 2.80. The third-order valence-electron chi connectivity index (χ3n) is 3.06. The summed E-state index contributed by atoms with van der Waals surface area (Å²) in [4.78, 5) is 24.6. The monoisotopic (exact) mass is 443 g/mol. The Morgan fingerprint density at radius 3 is 2.84 bits per heavy atom. The number of thiocarbonyl (C=S) groups is 1. The fraction of sp³-hybridized carbons (Fsp3) is 0.188. The van der Waals surface area contributed by atoms with Crippen LogP contribution in [0.15, 0.2) is 34.2 Å². The summed E-state index contributed by atoms with van der Waals surface area (Å²) >= 11 is 9.55. The van der Waals surface area contributed by atoms with Crippen LogP contribution in [0.2, 0.25) is 0 Å². The summed E-state index contributed by atoms with van der Waals surface area (Å²) in [5.41, 5.74) is 0.686. The molecule has 1 saturated heterocycles. The zero-order chi connectivity index (χ0) is 18.6. The van der Waals surface area contributed by atoms with Crippen LogP contribution >= 0.6 is 39.9 Å². The first kappa shape index (κ1) is 19.5. The van der Waals surface area contributed by atoms with E-state index in [0.717, 1.165) is 16.7 Å². The highest BCUT2D eigenvalue weighted by molar-refractivity contribution is 9.10. The van der Waals surface area contributed by atoms with E-state index in [-0.39, 0.29) is 4.32 Å². The van der Waals surface area contributed by atoms with Crippen molar-refractivity contribution in [2.75, 3.05) is 20.3 Å². The number of benzene rings is 1. The molecular formula is C16H14BrNO5S2. The first-order valence-corrected chi connectivity index (χ1v) is 8.97. The molecule has 0 bridgehead atoms. The molecule has 1 amide bonds. The Bertz CT molecular complexity index is 778. The van der Waals surface area contributed by atoms with Gasteiger partial charge < -0.3 is 14.6 Å². The summed E-state index contributed by atoms with van der Waals surface area (Å²) in [5, 5.41) is 8.87. The molecule has 2 rings (SSSR count). The molecule has 0 aliphatic carbocycles. The Morgan fingerprint density at radius 2 is 2.24 bits per heavy atom. The van der Waals surface area contributed by atoms with Gasteiger partial charge in [0.1, 0.15) is 17.5 Å². The molecule has 1 fully saturated rings. The molecule has 9 heteroatoms. The maximum absolute atomic E-state index is 12.3. The molecule has 0 unspecified atom stereocenters. The minimum absolute atomic E-state index is 0.218. The lowest BCUT2D eigenvalue weighted by atomic mass is 10.2. The van der Waals surface area contributed by atoms with Gasteiger partial charge in [0.15, 0.2) is 11.5 Å². The van der Waals surface area contributed by atoms with Gasteiger partial charge in [-0.25, -0.2) is 0 Å². The second-order valence-electron chi connectivity index (χ2n) is 4.80. The van der Waals surface area contributed by atoms with Crippen LogP contribution in [0.4, 0.5) is 0 Å². The number of rotatable bonds is 7. The second-order valence-corrected chi connectivity index (χ2v) is 7.33. The number of ether oxygens (including phenoxy) is 2. The van der Waals surface area contributed by atoms with Crippen LogP contribution in [0.1, 0.15) is 5.56 Å². The van der Waals surface area contributed by atoms with Gasteiger partial charge in [-0.3, -0.25) is 14.5 Å². The van der Waals surface area contributed by atoms with E-state index in [9.17, 15) is 9.59 Å². The van der Waals surface area contributed by atoms with E-state index < -0.39 is 18.4 Å². The van der Waals surface area contributed by atoms with Gasteiger partial charge in [-0.15, -0.1) is 0 Å². The van der Waals surface area contributed by atoms with E-state index in [1.54, 1.807) is 24.3 Å². The van der Waals surface area contributed by atoms with Crippen molar-refractivity contribution in [3.63, 3.8) is 0 Å². The smallest absolute Gasteiger partial charge is 0.323 e. The van der Waals surface area contributed by atoms with Crippen molar-refractivity contribution in [1.82, 2.24) is 4.90 Å². The molecule has 0 saturated carbocycles. The summed E-state index contributed by atoms with van der Waals surface area (Å²) in [6.45, 7) is 3.47. The highest BCUT2D eigenvalue weighted by atomic mass is 79.9. The maximum Gasteiger partial charge on any atom is 0.323 e. The molecule has 1 N–H and O–H groups in total. The predicted molar refractivity (Wildman–Crippen MR) is 104 cm³/mol. The zero-order valence-corrected chi connectivity index (χ0v) is 16.4. The average molecular weight is 444 g/mol. The van der Waals surface area contributed by atoms with Gasteiger partial charge in [0, 0.05) is 0 Å². The number of carboxylic acids is 1. The minimum atomic E-state index is -1.12. The molecule has 1 heterocycles. The fourth-order valence-electron chi connectivity index (χ4n) is 2.03. The number of nitrogens with zero attached hydrogens (tertiary/aromatic N) is 1. The van der Waals surface area contributed by atoms with Crippen molar-refractivity contribution in [3.8, 4) is 11.5 Å². The molecule has 1 aliphatic heterocycles. The van der Waals surface area contributed by atoms with E-state index in [4.69, 9.17) is 26.8 Å². The van der Waals surface area contributed by atoms with Crippen molar-refractivity contribution >= 4 is 62.2 Å². The van der Waals surface area contributed by atoms with Crippen molar-refractivity contribution in [2.24, 2.45) is 0 Å². The minimum Gasteiger partial charge on any atom is -0.493 e. The standard InChI is InChI=1S/C16H14BrNO5S2/c1-3-4-23-14-10(17)5-9(6-11(14)22-2)7-12-15(21)18(8-13(19)20)16(24)25-12/h3,5-7H,1,4,8H2,2H3,(H,19,20). The molecule has 1 aromatic rings. The number of halogens is 1. The van der Waals surface area contributed by atoms with Crippen molar-refractivity contribution in [1.29, 1.82) is 0 Å². The van der Waals surface area contributed by atoms with E-state index >= 15 is 0 Å². The molecule has 0 radical (unpaired) electrons. The second kappa shape index (κ2) is 8.50. The topological polar surface area (TPSA) is 76.1 Å². The molecule has 6 nitrogen and oxygen atoms in total. The summed E-state index contributed by atoms with van der Waals surface area (Å²) in [5.74, 6) is -0.536. The molecule has 0 atom stereocenters. The number of carbonyl (C=O) groups is 2. The normalized spacial score (nSPS) is 15.6. The first-order chi connectivity index (χ1) is 11.9. The molecule has 25 heavy (non-hydrogen) atoms. The van der Waals surface area contributed by atoms with Crippen LogP contribution in [0, 0.1) is 0 Å². The summed E-state index contributed by atoms with van der Waals surface area (Å²) in [6, 6.07) is 3.48. The van der Waals surface area contributed by atoms with Crippen LogP contribution in [-0.4, -0.2) is 46.5 Å². The molecule has 1 aliphatic rings. The number of hydrogen-bond acceptors (Lipinski definition) is 6. The number of amides is 1. The molecule has 1 aromatic carbocycles. The number of hydrogen-bond donors (Lipinski definition) is 1. The number of carbonyl (C=O) groups excluding carboxylic acids is 1. The lowest BCUT2D eigenvalue weighted by Crippen LogP contribution is -2.33. The lowest BCUT2D eigenvalue weighted by Gasteiger charge is -2.12. The molecule has 0 spiro atoms. The van der Waals surface area contributed by atoms with Gasteiger partial charge >= 0.3 is 5.97 Å². The van der Waals surface area contributed by atoms with E-state index in [1.807, 2.05) is 0 Å². The quantitative estimate of drug-likeness (QED) is 0.393. The van der Waals surface area contributed by atoms with E-state index in [1.165, 1.54) is 7.11 Å². The Kier molecular flexibility index (Phi) is 6.63. The largest absolute Gasteiger partial charge is 0.493 e. The predicted octanol–water partition coefficient (Wildman–Crippen LogP) is 3.31. The first-order valence-electron chi connectivity index (χ1n) is 6.95. The maximum atomic E-state index is 12.3. The summed E-state index contributed by atoms with van der Waals surface area (Å²) in [6.07, 6.45) is 3.25.